The Labute approximate surface area is 125 Å². The van der Waals surface area contributed by atoms with Gasteiger partial charge in [-0.05, 0) is 37.0 Å². The fourth-order valence-electron chi connectivity index (χ4n) is 3.46. The lowest BCUT2D eigenvalue weighted by molar-refractivity contribution is 0.0906. The van der Waals surface area contributed by atoms with E-state index in [-0.39, 0.29) is 5.91 Å². The van der Waals surface area contributed by atoms with Gasteiger partial charge in [0.05, 0.1) is 5.56 Å². The van der Waals surface area contributed by atoms with Crippen LogP contribution in [0.5, 0.6) is 0 Å². The third kappa shape index (κ3) is 2.75. The topological polar surface area (TPSA) is 70.9 Å². The average molecular weight is 285 g/mol. The van der Waals surface area contributed by atoms with E-state index in [4.69, 9.17) is 5.73 Å². The van der Waals surface area contributed by atoms with Gasteiger partial charge in [0.1, 0.15) is 0 Å². The Morgan fingerprint density at radius 3 is 3.00 bits per heavy atom. The Bertz CT molecular complexity index is 647. The fraction of sp³-hybridized carbons (Fsp3) is 0.471. The maximum atomic E-state index is 12.6. The van der Waals surface area contributed by atoms with Crippen molar-refractivity contribution in [2.45, 2.75) is 45.1 Å². The van der Waals surface area contributed by atoms with E-state index in [2.05, 4.69) is 17.2 Å². The molecule has 0 radical (unpaired) electrons. The van der Waals surface area contributed by atoms with Crippen LogP contribution in [-0.2, 0) is 0 Å². The highest BCUT2D eigenvalue weighted by Crippen LogP contribution is 2.27. The van der Waals surface area contributed by atoms with Gasteiger partial charge in [-0.2, -0.15) is 0 Å². The summed E-state index contributed by atoms with van der Waals surface area (Å²) in [6.07, 6.45) is 7.74. The number of amides is 1. The molecule has 1 aliphatic rings. The van der Waals surface area contributed by atoms with E-state index in [0.29, 0.717) is 23.2 Å². The zero-order valence-electron chi connectivity index (χ0n) is 12.5. The second-order valence-corrected chi connectivity index (χ2v) is 6.04. The molecule has 0 saturated heterocycles. The van der Waals surface area contributed by atoms with Crippen LogP contribution in [0.3, 0.4) is 0 Å². The Kier molecular flexibility index (Phi) is 3.86. The summed E-state index contributed by atoms with van der Waals surface area (Å²) < 4.78 is 0. The number of carbonyl (C=O) groups is 1. The van der Waals surface area contributed by atoms with E-state index < -0.39 is 0 Å². The lowest BCUT2D eigenvalue weighted by atomic mass is 9.83. The van der Waals surface area contributed by atoms with Gasteiger partial charge in [-0.3, -0.25) is 4.79 Å². The molecule has 1 heterocycles. The second-order valence-electron chi connectivity index (χ2n) is 6.04. The summed E-state index contributed by atoms with van der Waals surface area (Å²) in [5, 5.41) is 4.17. The molecule has 0 bridgehead atoms. The Morgan fingerprint density at radius 2 is 2.19 bits per heavy atom. The summed E-state index contributed by atoms with van der Waals surface area (Å²) >= 11 is 0. The van der Waals surface area contributed by atoms with E-state index in [1.54, 1.807) is 6.20 Å². The van der Waals surface area contributed by atoms with Crippen molar-refractivity contribution in [3.63, 3.8) is 0 Å². The van der Waals surface area contributed by atoms with Crippen LogP contribution < -0.4 is 11.1 Å². The quantitative estimate of drug-likeness (QED) is 0.756. The highest BCUT2D eigenvalue weighted by atomic mass is 16.1. The highest BCUT2D eigenvalue weighted by Gasteiger charge is 2.26. The number of aromatic amines is 1. The third-order valence-corrected chi connectivity index (χ3v) is 4.70. The highest BCUT2D eigenvalue weighted by molar-refractivity contribution is 6.07. The van der Waals surface area contributed by atoms with E-state index in [1.807, 2.05) is 18.2 Å². The van der Waals surface area contributed by atoms with Crippen LogP contribution in [0, 0.1) is 5.92 Å². The smallest absolute Gasteiger partial charge is 0.253 e. The van der Waals surface area contributed by atoms with Crippen LogP contribution in [0.4, 0.5) is 5.69 Å². The first-order valence-corrected chi connectivity index (χ1v) is 7.86. The maximum absolute atomic E-state index is 12.6. The number of nitrogens with two attached hydrogens (primary N) is 1. The first-order chi connectivity index (χ1) is 10.2. The van der Waals surface area contributed by atoms with Gasteiger partial charge < -0.3 is 16.0 Å². The number of benzene rings is 1. The fourth-order valence-corrected chi connectivity index (χ4v) is 3.46. The van der Waals surface area contributed by atoms with Gasteiger partial charge in [-0.1, -0.05) is 26.2 Å². The number of H-pyrrole nitrogens is 1. The number of rotatable bonds is 3. The molecule has 1 saturated carbocycles. The minimum absolute atomic E-state index is 0.0244. The molecule has 1 amide bonds. The van der Waals surface area contributed by atoms with Crippen molar-refractivity contribution in [1.29, 1.82) is 0 Å². The Balaban J connectivity index is 1.80. The lowest BCUT2D eigenvalue weighted by Crippen LogP contribution is -2.41. The average Bonchev–Trinajstić information content (AvgIpc) is 2.90. The summed E-state index contributed by atoms with van der Waals surface area (Å²) in [6.45, 7) is 2.21. The number of aromatic nitrogens is 1. The van der Waals surface area contributed by atoms with E-state index in [1.165, 1.54) is 19.3 Å². The number of hydrogen-bond donors (Lipinski definition) is 3. The van der Waals surface area contributed by atoms with Crippen molar-refractivity contribution >= 4 is 22.5 Å². The van der Waals surface area contributed by atoms with Crippen LogP contribution in [0.25, 0.3) is 10.9 Å². The Morgan fingerprint density at radius 1 is 1.38 bits per heavy atom. The molecule has 2 aromatic rings. The summed E-state index contributed by atoms with van der Waals surface area (Å²) in [4.78, 5) is 15.7. The molecule has 0 spiro atoms. The number of nitrogens with one attached hydrogen (secondary N) is 2. The van der Waals surface area contributed by atoms with Gasteiger partial charge in [0.15, 0.2) is 0 Å². The first kappa shape index (κ1) is 14.0. The summed E-state index contributed by atoms with van der Waals surface area (Å²) in [7, 11) is 0. The van der Waals surface area contributed by atoms with E-state index >= 15 is 0 Å². The number of fused-ring (bicyclic) bond motifs is 1. The molecule has 21 heavy (non-hydrogen) atoms. The largest absolute Gasteiger partial charge is 0.399 e. The minimum atomic E-state index is 0.0244. The number of carbonyl (C=O) groups excluding carboxylic acids is 1. The summed E-state index contributed by atoms with van der Waals surface area (Å²) in [5.41, 5.74) is 8.10. The van der Waals surface area contributed by atoms with E-state index in [9.17, 15) is 4.79 Å². The van der Waals surface area contributed by atoms with Crippen molar-refractivity contribution in [1.82, 2.24) is 10.3 Å². The van der Waals surface area contributed by atoms with Gasteiger partial charge >= 0.3 is 0 Å². The molecule has 2 atom stereocenters. The van der Waals surface area contributed by atoms with Gasteiger partial charge in [-0.25, -0.2) is 0 Å². The SMILES string of the molecule is CCC1CCCCC1NC(=O)c1c[nH]c2cc(N)ccc12. The van der Waals surface area contributed by atoms with Crippen LogP contribution >= 0.6 is 0 Å². The van der Waals surface area contributed by atoms with Crippen molar-refractivity contribution in [2.24, 2.45) is 5.92 Å². The van der Waals surface area contributed by atoms with Crippen LogP contribution in [-0.4, -0.2) is 16.9 Å². The number of anilines is 1. The van der Waals surface area contributed by atoms with Crippen molar-refractivity contribution in [3.05, 3.63) is 30.0 Å². The van der Waals surface area contributed by atoms with Gasteiger partial charge in [0, 0.05) is 28.8 Å². The molecular formula is C17H23N3O. The van der Waals surface area contributed by atoms with Gasteiger partial charge in [0.25, 0.3) is 5.91 Å². The molecule has 4 heteroatoms. The molecule has 1 fully saturated rings. The normalized spacial score (nSPS) is 22.3. The summed E-state index contributed by atoms with van der Waals surface area (Å²) in [5.74, 6) is 0.639. The minimum Gasteiger partial charge on any atom is -0.399 e. The predicted octanol–water partition coefficient (Wildman–Crippen LogP) is 3.45. The molecule has 4 nitrogen and oxygen atoms in total. The number of nitrogen functional groups attached to an aromatic ring is 1. The van der Waals surface area contributed by atoms with Crippen LogP contribution in [0.1, 0.15) is 49.4 Å². The molecule has 1 aromatic heterocycles. The molecular weight excluding hydrogens is 262 g/mol. The molecule has 1 aliphatic carbocycles. The second kappa shape index (κ2) is 5.80. The first-order valence-electron chi connectivity index (χ1n) is 7.86. The van der Waals surface area contributed by atoms with Crippen molar-refractivity contribution in [3.8, 4) is 0 Å². The molecule has 1 aromatic carbocycles. The van der Waals surface area contributed by atoms with Crippen LogP contribution in [0.2, 0.25) is 0 Å². The summed E-state index contributed by atoms with van der Waals surface area (Å²) in [6, 6.07) is 5.92. The standard InChI is InChI=1S/C17H23N3O/c1-2-11-5-3-4-6-15(11)20-17(21)14-10-19-16-9-12(18)7-8-13(14)16/h7-11,15,19H,2-6,18H2,1H3,(H,20,21). The van der Waals surface area contributed by atoms with Crippen molar-refractivity contribution < 1.29 is 4.79 Å². The van der Waals surface area contributed by atoms with Gasteiger partial charge in [-0.15, -0.1) is 0 Å². The molecule has 4 N–H and O–H groups in total. The third-order valence-electron chi connectivity index (χ3n) is 4.70. The maximum Gasteiger partial charge on any atom is 0.253 e. The van der Waals surface area contributed by atoms with Crippen LogP contribution in [0.15, 0.2) is 24.4 Å². The van der Waals surface area contributed by atoms with Crippen molar-refractivity contribution in [2.75, 3.05) is 5.73 Å². The Hall–Kier alpha value is -1.97. The van der Waals surface area contributed by atoms with E-state index in [0.717, 1.165) is 23.7 Å². The zero-order chi connectivity index (χ0) is 14.8. The zero-order valence-corrected chi connectivity index (χ0v) is 12.5. The van der Waals surface area contributed by atoms with Gasteiger partial charge in [0.2, 0.25) is 0 Å². The number of hydrogen-bond acceptors (Lipinski definition) is 2. The molecule has 3 rings (SSSR count). The molecule has 0 aliphatic heterocycles. The predicted molar refractivity (Wildman–Crippen MR) is 86.2 cm³/mol. The monoisotopic (exact) mass is 285 g/mol. The lowest BCUT2D eigenvalue weighted by Gasteiger charge is -2.31. The molecule has 112 valence electrons. The molecule has 2 unspecified atom stereocenters.